The molecule has 2 aliphatic heterocycles. The molecular formula is C45H62O7. The second-order valence-corrected chi connectivity index (χ2v) is 14.8. The highest BCUT2D eigenvalue weighted by molar-refractivity contribution is 5.43. The normalized spacial score (nSPS) is 16.5. The summed E-state index contributed by atoms with van der Waals surface area (Å²) in [5.74, 6) is 2.83. The Kier molecular flexibility index (Phi) is 16.5. The van der Waals surface area contributed by atoms with Crippen LogP contribution in [0.4, 0.5) is 0 Å². The molecule has 0 aliphatic carbocycles. The molecule has 0 saturated carbocycles. The van der Waals surface area contributed by atoms with Crippen LogP contribution in [0.25, 0.3) is 0 Å². The first-order valence-electron chi connectivity index (χ1n) is 18.6. The number of epoxide rings is 2. The summed E-state index contributed by atoms with van der Waals surface area (Å²) in [6.45, 7) is 23.6. The van der Waals surface area contributed by atoms with Gasteiger partial charge in [-0.25, -0.2) is 0 Å². The van der Waals surface area contributed by atoms with Crippen molar-refractivity contribution in [1.82, 2.24) is 0 Å². The van der Waals surface area contributed by atoms with Gasteiger partial charge in [-0.05, 0) is 98.5 Å². The number of aromatic hydroxyl groups is 1. The lowest BCUT2D eigenvalue weighted by Crippen LogP contribution is -2.19. The van der Waals surface area contributed by atoms with E-state index < -0.39 is 6.10 Å². The van der Waals surface area contributed by atoms with Gasteiger partial charge in [-0.2, -0.15) is 0 Å². The zero-order valence-electron chi connectivity index (χ0n) is 33.0. The molecule has 0 spiro atoms. The van der Waals surface area contributed by atoms with Crippen molar-refractivity contribution in [2.75, 3.05) is 26.4 Å². The lowest BCUT2D eigenvalue weighted by atomic mass is 9.78. The Hall–Kier alpha value is -4.04. The van der Waals surface area contributed by atoms with Crippen LogP contribution in [0.3, 0.4) is 0 Å². The van der Waals surface area contributed by atoms with E-state index in [4.69, 9.17) is 23.7 Å². The maximum Gasteiger partial charge on any atom is 0.119 e. The number of aliphatic hydroxyl groups is 1. The zero-order valence-corrected chi connectivity index (χ0v) is 33.0. The van der Waals surface area contributed by atoms with E-state index in [0.717, 1.165) is 41.6 Å². The molecule has 3 unspecified atom stereocenters. The van der Waals surface area contributed by atoms with Crippen molar-refractivity contribution in [2.24, 2.45) is 0 Å². The number of ether oxygens (including phenoxy) is 5. The molecule has 0 radical (unpaired) electrons. The van der Waals surface area contributed by atoms with E-state index in [1.54, 1.807) is 19.1 Å². The lowest BCUT2D eigenvalue weighted by molar-refractivity contribution is 0.122. The monoisotopic (exact) mass is 714 g/mol. The van der Waals surface area contributed by atoms with E-state index in [1.165, 1.54) is 17.5 Å². The Morgan fingerprint density at radius 2 is 0.981 bits per heavy atom. The van der Waals surface area contributed by atoms with Crippen molar-refractivity contribution < 1.29 is 33.9 Å². The fourth-order valence-corrected chi connectivity index (χ4v) is 5.04. The molecule has 2 aliphatic rings. The van der Waals surface area contributed by atoms with Gasteiger partial charge in [0.2, 0.25) is 0 Å². The van der Waals surface area contributed by atoms with E-state index in [0.29, 0.717) is 19.3 Å². The van der Waals surface area contributed by atoms with Crippen molar-refractivity contribution >= 4 is 0 Å². The second kappa shape index (κ2) is 20.3. The van der Waals surface area contributed by atoms with Crippen molar-refractivity contribution in [2.45, 2.75) is 111 Å². The third-order valence-corrected chi connectivity index (χ3v) is 8.52. The van der Waals surface area contributed by atoms with Crippen LogP contribution in [0.15, 0.2) is 97.1 Å². The predicted octanol–water partition coefficient (Wildman–Crippen LogP) is 9.88. The van der Waals surface area contributed by atoms with Gasteiger partial charge in [0.1, 0.15) is 42.3 Å². The molecule has 4 aromatic carbocycles. The minimum Gasteiger partial charge on any atom is -0.508 e. The summed E-state index contributed by atoms with van der Waals surface area (Å²) in [7, 11) is 0. The maximum absolute atomic E-state index is 9.40. The van der Waals surface area contributed by atoms with Crippen LogP contribution in [0.5, 0.6) is 23.0 Å². The summed E-state index contributed by atoms with van der Waals surface area (Å²) in [4.78, 5) is 0. The fraction of sp³-hybridized carbons (Fsp3) is 0.467. The summed E-state index contributed by atoms with van der Waals surface area (Å²) in [5, 5.41) is 18.6. The van der Waals surface area contributed by atoms with E-state index in [-0.39, 0.29) is 28.8 Å². The van der Waals surface area contributed by atoms with Crippen LogP contribution < -0.4 is 14.2 Å². The third kappa shape index (κ3) is 14.5. The van der Waals surface area contributed by atoms with Gasteiger partial charge < -0.3 is 33.9 Å². The van der Waals surface area contributed by atoms with Crippen molar-refractivity contribution in [1.29, 1.82) is 0 Å². The van der Waals surface area contributed by atoms with Gasteiger partial charge in [0, 0.05) is 10.8 Å². The van der Waals surface area contributed by atoms with Gasteiger partial charge in [0.05, 0.1) is 31.5 Å². The van der Waals surface area contributed by atoms with Gasteiger partial charge in [-0.1, -0.05) is 96.5 Å². The molecule has 2 N–H and O–H groups in total. The minimum atomic E-state index is -0.474. The minimum absolute atomic E-state index is 0.0749. The smallest absolute Gasteiger partial charge is 0.119 e. The molecule has 0 amide bonds. The lowest BCUT2D eigenvalue weighted by Gasteiger charge is -2.26. The van der Waals surface area contributed by atoms with Gasteiger partial charge >= 0.3 is 0 Å². The molecule has 0 bridgehead atoms. The first-order valence-corrected chi connectivity index (χ1v) is 18.6. The Balaban J connectivity index is 0.000000238. The van der Waals surface area contributed by atoms with E-state index >= 15 is 0 Å². The third-order valence-electron chi connectivity index (χ3n) is 8.52. The Morgan fingerprint density at radius 1 is 0.635 bits per heavy atom. The molecular weight excluding hydrogens is 652 g/mol. The Labute approximate surface area is 312 Å². The zero-order chi connectivity index (χ0) is 38.3. The van der Waals surface area contributed by atoms with Crippen molar-refractivity contribution in [3.05, 3.63) is 119 Å². The van der Waals surface area contributed by atoms with Crippen LogP contribution in [-0.4, -0.2) is 61.1 Å². The first kappa shape index (κ1) is 42.4. The molecule has 7 heteroatoms. The molecule has 2 saturated heterocycles. The first-order chi connectivity index (χ1) is 24.6. The van der Waals surface area contributed by atoms with Crippen molar-refractivity contribution in [3.63, 3.8) is 0 Å². The topological polar surface area (TPSA) is 93.2 Å². The highest BCUT2D eigenvalue weighted by Gasteiger charge is 2.25. The van der Waals surface area contributed by atoms with E-state index in [1.807, 2.05) is 74.5 Å². The molecule has 2 fully saturated rings. The van der Waals surface area contributed by atoms with Crippen LogP contribution in [0, 0.1) is 0 Å². The standard InChI is InChI=1S/C21H26O3.C18H22O3.C3H6O.C3H8/c1-15(2)24-19-11-7-17(8-12-19)21(3,4)16-5-9-18(10-6-16)22-13-20-14-23-20;1-13(19)12-21-17-10-6-15(7-11-17)18(2,3)14-4-8-16(20)9-5-14;1-3-2-4-3;1-3-2/h5-12,15,20H,13-14H2,1-4H3;4-11,13,19-20H,12H2,1-3H3;3H,2H2,1H3;3H2,1-2H3. The average Bonchev–Trinajstić information content (AvgIpc) is 4.06. The quantitative estimate of drug-likeness (QED) is 0.141. The summed E-state index contributed by atoms with van der Waals surface area (Å²) >= 11 is 0. The molecule has 6 rings (SSSR count). The second-order valence-electron chi connectivity index (χ2n) is 14.8. The number of phenolic OH excluding ortho intramolecular Hbond substituents is 1. The largest absolute Gasteiger partial charge is 0.508 e. The van der Waals surface area contributed by atoms with Crippen LogP contribution >= 0.6 is 0 Å². The highest BCUT2D eigenvalue weighted by Crippen LogP contribution is 2.34. The number of hydrogen-bond acceptors (Lipinski definition) is 7. The van der Waals surface area contributed by atoms with Crippen LogP contribution in [0.2, 0.25) is 0 Å². The molecule has 2 heterocycles. The number of hydrogen-bond donors (Lipinski definition) is 2. The van der Waals surface area contributed by atoms with Gasteiger partial charge in [0.25, 0.3) is 0 Å². The molecule has 284 valence electrons. The number of phenols is 1. The van der Waals surface area contributed by atoms with Crippen LogP contribution in [-0.2, 0) is 20.3 Å². The average molecular weight is 715 g/mol. The van der Waals surface area contributed by atoms with Crippen molar-refractivity contribution in [3.8, 4) is 23.0 Å². The van der Waals surface area contributed by atoms with Gasteiger partial charge in [-0.15, -0.1) is 0 Å². The molecule has 0 aromatic heterocycles. The van der Waals surface area contributed by atoms with E-state index in [2.05, 4.69) is 72.7 Å². The summed E-state index contributed by atoms with van der Waals surface area (Å²) in [6.07, 6.45) is 1.84. The summed E-state index contributed by atoms with van der Waals surface area (Å²) < 4.78 is 26.8. The fourth-order valence-electron chi connectivity index (χ4n) is 5.04. The number of benzene rings is 4. The van der Waals surface area contributed by atoms with Gasteiger partial charge in [0.15, 0.2) is 0 Å². The number of rotatable bonds is 12. The molecule has 3 atom stereocenters. The molecule has 7 nitrogen and oxygen atoms in total. The van der Waals surface area contributed by atoms with E-state index in [9.17, 15) is 10.2 Å². The molecule has 52 heavy (non-hydrogen) atoms. The van der Waals surface area contributed by atoms with Crippen LogP contribution in [0.1, 0.15) is 97.9 Å². The maximum atomic E-state index is 9.40. The SMILES string of the molecule is CC(C)Oc1ccc(C(C)(C)c2ccc(OCC3CO3)cc2)cc1.CC(O)COc1ccc(C(C)(C)c2ccc(O)cc2)cc1.CC1CO1.CCC. The Morgan fingerprint density at radius 3 is 1.31 bits per heavy atom. The summed E-state index contributed by atoms with van der Waals surface area (Å²) in [5.41, 5.74) is 4.59. The highest BCUT2D eigenvalue weighted by atomic mass is 16.6. The summed E-state index contributed by atoms with van der Waals surface area (Å²) in [6, 6.07) is 31.9. The molecule has 4 aromatic rings. The number of aliphatic hydroxyl groups excluding tert-OH is 1. The van der Waals surface area contributed by atoms with Gasteiger partial charge in [-0.3, -0.25) is 0 Å². The Bertz CT molecular complexity index is 1550. The predicted molar refractivity (Wildman–Crippen MR) is 211 cm³/mol.